The Morgan fingerprint density at radius 3 is 2.78 bits per heavy atom. The number of nitrogens with one attached hydrogen (secondary N) is 2. The summed E-state index contributed by atoms with van der Waals surface area (Å²) >= 11 is 2.85. The van der Waals surface area contributed by atoms with Crippen molar-refractivity contribution in [2.75, 3.05) is 24.1 Å². The zero-order chi connectivity index (χ0) is 22.7. The zero-order valence-corrected chi connectivity index (χ0v) is 19.2. The van der Waals surface area contributed by atoms with Crippen molar-refractivity contribution in [1.29, 1.82) is 0 Å². The molecule has 0 radical (unpaired) electrons. The van der Waals surface area contributed by atoms with E-state index in [0.717, 1.165) is 0 Å². The lowest BCUT2D eigenvalue weighted by Gasteiger charge is -2.18. The van der Waals surface area contributed by atoms with Gasteiger partial charge in [0.2, 0.25) is 18.1 Å². The van der Waals surface area contributed by atoms with Crippen LogP contribution in [0.4, 0.5) is 5.13 Å². The molecule has 0 saturated heterocycles. The van der Waals surface area contributed by atoms with E-state index in [-0.39, 0.29) is 18.3 Å². The molecule has 32 heavy (non-hydrogen) atoms. The average Bonchev–Trinajstić information content (AvgIpc) is 3.47. The molecule has 1 atom stereocenters. The van der Waals surface area contributed by atoms with Crippen molar-refractivity contribution in [2.45, 2.75) is 25.9 Å². The molecule has 3 heterocycles. The van der Waals surface area contributed by atoms with E-state index in [4.69, 9.17) is 9.47 Å². The molecule has 1 aliphatic rings. The molecule has 1 aliphatic heterocycles. The summed E-state index contributed by atoms with van der Waals surface area (Å²) in [6, 6.07) is 2.54. The molecule has 2 aromatic heterocycles. The second-order valence-corrected chi connectivity index (χ2v) is 8.89. The molecule has 4 rings (SSSR count). The van der Waals surface area contributed by atoms with Crippen LogP contribution < -0.4 is 25.5 Å². The summed E-state index contributed by atoms with van der Waals surface area (Å²) in [4.78, 5) is 43.1. The van der Waals surface area contributed by atoms with Crippen LogP contribution in [0.2, 0.25) is 0 Å². The number of carbonyl (C=O) groups excluding carboxylic acids is 2. The quantitative estimate of drug-likeness (QED) is 0.516. The second-order valence-electron chi connectivity index (χ2n) is 7.01. The Labute approximate surface area is 192 Å². The minimum absolute atomic E-state index is 0.0329. The average molecular weight is 475 g/mol. The van der Waals surface area contributed by atoms with Crippen molar-refractivity contribution >= 4 is 50.9 Å². The fourth-order valence-corrected chi connectivity index (χ4v) is 4.42. The Balaban J connectivity index is 1.65. The first-order valence-electron chi connectivity index (χ1n) is 9.98. The number of nitrogens with zero attached hydrogens (tertiary/aromatic N) is 2. The van der Waals surface area contributed by atoms with E-state index >= 15 is 0 Å². The number of aromatic nitrogens is 2. The molecule has 0 unspecified atom stereocenters. The Kier molecular flexibility index (Phi) is 6.66. The Hall–Kier alpha value is -3.05. The van der Waals surface area contributed by atoms with Crippen LogP contribution in [0.3, 0.4) is 0 Å². The number of amides is 2. The molecule has 0 spiro atoms. The molecule has 168 valence electrons. The summed E-state index contributed by atoms with van der Waals surface area (Å²) in [5, 5.41) is 8.01. The van der Waals surface area contributed by atoms with Crippen molar-refractivity contribution < 1.29 is 19.1 Å². The van der Waals surface area contributed by atoms with Gasteiger partial charge in [-0.15, -0.1) is 11.3 Å². The molecule has 0 fully saturated rings. The van der Waals surface area contributed by atoms with Gasteiger partial charge in [0.15, 0.2) is 16.6 Å². The molecular weight excluding hydrogens is 452 g/mol. The number of hydrogen-bond donors (Lipinski definition) is 2. The third kappa shape index (κ3) is 4.44. The Bertz CT molecular complexity index is 1210. The first kappa shape index (κ1) is 22.2. The predicted molar refractivity (Wildman–Crippen MR) is 125 cm³/mol. The van der Waals surface area contributed by atoms with E-state index in [1.807, 2.05) is 13.2 Å². The van der Waals surface area contributed by atoms with Gasteiger partial charge < -0.3 is 24.7 Å². The number of pyridine rings is 1. The lowest BCUT2D eigenvalue weighted by molar-refractivity contribution is -0.118. The second kappa shape index (κ2) is 9.61. The number of thiazole rings is 1. The molecule has 9 nitrogen and oxygen atoms in total. The normalized spacial score (nSPS) is 13.2. The largest absolute Gasteiger partial charge is 0.454 e. The third-order valence-electron chi connectivity index (χ3n) is 5.05. The van der Waals surface area contributed by atoms with Crippen molar-refractivity contribution in [3.8, 4) is 11.5 Å². The summed E-state index contributed by atoms with van der Waals surface area (Å²) in [7, 11) is 0. The van der Waals surface area contributed by atoms with Crippen LogP contribution in [-0.2, 0) is 11.3 Å². The smallest absolute Gasteiger partial charge is 0.257 e. The molecule has 0 bridgehead atoms. The van der Waals surface area contributed by atoms with Crippen LogP contribution in [0.5, 0.6) is 11.5 Å². The molecular formula is C21H22N4O5S2. The van der Waals surface area contributed by atoms with Gasteiger partial charge in [-0.3, -0.25) is 14.4 Å². The molecule has 2 amide bonds. The van der Waals surface area contributed by atoms with Gasteiger partial charge in [-0.1, -0.05) is 0 Å². The number of anilines is 1. The van der Waals surface area contributed by atoms with Crippen molar-refractivity contribution in [3.05, 3.63) is 45.7 Å². The van der Waals surface area contributed by atoms with Crippen LogP contribution in [0, 0.1) is 0 Å². The fraction of sp³-hybridized carbons (Fsp3) is 0.333. The van der Waals surface area contributed by atoms with Gasteiger partial charge in [0.25, 0.3) is 5.91 Å². The highest BCUT2D eigenvalue weighted by molar-refractivity contribution is 7.98. The first-order chi connectivity index (χ1) is 15.5. The number of hydrogen-bond acceptors (Lipinski definition) is 8. The maximum atomic E-state index is 13.2. The highest BCUT2D eigenvalue weighted by atomic mass is 32.2. The lowest BCUT2D eigenvalue weighted by atomic mass is 10.1. The summed E-state index contributed by atoms with van der Waals surface area (Å²) in [6.07, 6.45) is 5.44. The van der Waals surface area contributed by atoms with E-state index in [1.54, 1.807) is 40.0 Å². The molecule has 1 aromatic carbocycles. The van der Waals surface area contributed by atoms with E-state index < -0.39 is 17.4 Å². The summed E-state index contributed by atoms with van der Waals surface area (Å²) in [5.74, 6) is 0.721. The van der Waals surface area contributed by atoms with Crippen LogP contribution >= 0.6 is 23.1 Å². The molecule has 3 aromatic rings. The molecule has 2 N–H and O–H groups in total. The minimum atomic E-state index is -0.805. The van der Waals surface area contributed by atoms with Crippen LogP contribution in [0.25, 0.3) is 10.9 Å². The Morgan fingerprint density at radius 1 is 1.31 bits per heavy atom. The van der Waals surface area contributed by atoms with Crippen molar-refractivity contribution in [1.82, 2.24) is 14.9 Å². The highest BCUT2D eigenvalue weighted by Gasteiger charge is 2.25. The number of rotatable bonds is 8. The third-order valence-corrected chi connectivity index (χ3v) is 6.39. The van der Waals surface area contributed by atoms with Crippen molar-refractivity contribution in [2.24, 2.45) is 0 Å². The molecule has 11 heteroatoms. The van der Waals surface area contributed by atoms with Gasteiger partial charge in [-0.25, -0.2) is 4.98 Å². The first-order valence-corrected chi connectivity index (χ1v) is 12.3. The monoisotopic (exact) mass is 474 g/mol. The lowest BCUT2D eigenvalue weighted by Crippen LogP contribution is -2.45. The van der Waals surface area contributed by atoms with Gasteiger partial charge in [0.1, 0.15) is 11.6 Å². The maximum absolute atomic E-state index is 13.2. The SMILES string of the molecule is CCn1cc(C(=O)N[C@@H](CCSC)C(=O)Nc2nccs2)c(=O)c2cc3c(cc21)OCO3. The van der Waals surface area contributed by atoms with Gasteiger partial charge in [-0.05, 0) is 31.4 Å². The number of fused-ring (bicyclic) bond motifs is 2. The standard InChI is InChI=1S/C21H22N4O5S2/c1-3-25-10-13(18(26)12-8-16-17(9-15(12)25)30-11-29-16)19(27)23-14(4-6-31-2)20(28)24-21-22-5-7-32-21/h5,7-10,14H,3-4,6,11H2,1-2H3,(H,23,27)(H,22,24,28)/t14-/m0/s1. The van der Waals surface area contributed by atoms with Gasteiger partial charge in [0, 0.05) is 30.4 Å². The molecule has 0 saturated carbocycles. The van der Waals surface area contributed by atoms with Gasteiger partial charge >= 0.3 is 0 Å². The fourth-order valence-electron chi connectivity index (χ4n) is 3.42. The van der Waals surface area contributed by atoms with E-state index in [9.17, 15) is 14.4 Å². The molecule has 0 aliphatic carbocycles. The minimum Gasteiger partial charge on any atom is -0.454 e. The van der Waals surface area contributed by atoms with Gasteiger partial charge in [0.05, 0.1) is 10.9 Å². The van der Waals surface area contributed by atoms with Crippen molar-refractivity contribution in [3.63, 3.8) is 0 Å². The number of carbonyl (C=O) groups is 2. The summed E-state index contributed by atoms with van der Waals surface area (Å²) in [6.45, 7) is 2.54. The van der Waals surface area contributed by atoms with E-state index in [2.05, 4.69) is 15.6 Å². The van der Waals surface area contributed by atoms with Crippen LogP contribution in [-0.4, -0.2) is 46.2 Å². The highest BCUT2D eigenvalue weighted by Crippen LogP contribution is 2.35. The number of benzene rings is 1. The summed E-state index contributed by atoms with van der Waals surface area (Å²) < 4.78 is 12.6. The maximum Gasteiger partial charge on any atom is 0.257 e. The topological polar surface area (TPSA) is 112 Å². The van der Waals surface area contributed by atoms with E-state index in [0.29, 0.717) is 46.3 Å². The predicted octanol–water partition coefficient (Wildman–Crippen LogP) is 2.70. The summed E-state index contributed by atoms with van der Waals surface area (Å²) in [5.41, 5.74) is 0.192. The number of ether oxygens (including phenoxy) is 2. The van der Waals surface area contributed by atoms with E-state index in [1.165, 1.54) is 17.5 Å². The number of aryl methyl sites for hydroxylation is 1. The van der Waals surface area contributed by atoms with Crippen LogP contribution in [0.1, 0.15) is 23.7 Å². The number of thioether (sulfide) groups is 1. The van der Waals surface area contributed by atoms with Gasteiger partial charge in [-0.2, -0.15) is 11.8 Å². The Morgan fingerprint density at radius 2 is 2.09 bits per heavy atom. The zero-order valence-electron chi connectivity index (χ0n) is 17.5. The van der Waals surface area contributed by atoms with Crippen LogP contribution in [0.15, 0.2) is 34.7 Å².